The second-order valence-corrected chi connectivity index (χ2v) is 5.45. The molecule has 0 fully saturated rings. The van der Waals surface area contributed by atoms with Crippen LogP contribution in [0.25, 0.3) is 0 Å². The van der Waals surface area contributed by atoms with Crippen molar-refractivity contribution in [2.75, 3.05) is 0 Å². The fraction of sp³-hybridized carbons (Fsp3) is 0.600. The molecule has 16 heavy (non-hydrogen) atoms. The molecule has 1 aromatic rings. The van der Waals surface area contributed by atoms with Gasteiger partial charge in [-0.15, -0.1) is 0 Å². The molecule has 1 N–H and O–H groups in total. The SMILES string of the molecule is CC(C)[C@H]1CC[C@@H](C)c2ccc(CO)cc21. The summed E-state index contributed by atoms with van der Waals surface area (Å²) >= 11 is 0. The highest BCUT2D eigenvalue weighted by Crippen LogP contribution is 2.42. The van der Waals surface area contributed by atoms with Gasteiger partial charge < -0.3 is 5.11 Å². The van der Waals surface area contributed by atoms with Crippen LogP contribution in [0.1, 0.15) is 62.1 Å². The van der Waals surface area contributed by atoms with Crippen LogP contribution in [0.15, 0.2) is 18.2 Å². The first kappa shape index (κ1) is 11.7. The monoisotopic (exact) mass is 218 g/mol. The van der Waals surface area contributed by atoms with Gasteiger partial charge in [0, 0.05) is 0 Å². The van der Waals surface area contributed by atoms with Crippen LogP contribution in [0.3, 0.4) is 0 Å². The molecule has 0 heterocycles. The molecule has 0 bridgehead atoms. The largest absolute Gasteiger partial charge is 0.392 e. The second kappa shape index (κ2) is 4.58. The predicted octanol–water partition coefficient (Wildman–Crippen LogP) is 3.82. The third-order valence-corrected chi connectivity index (χ3v) is 3.98. The van der Waals surface area contributed by atoms with Gasteiger partial charge in [0.2, 0.25) is 0 Å². The smallest absolute Gasteiger partial charge is 0.0681 e. The average Bonchev–Trinajstić information content (AvgIpc) is 2.28. The van der Waals surface area contributed by atoms with Gasteiger partial charge in [0.1, 0.15) is 0 Å². The van der Waals surface area contributed by atoms with Gasteiger partial charge in [-0.25, -0.2) is 0 Å². The van der Waals surface area contributed by atoms with E-state index in [4.69, 9.17) is 0 Å². The Labute approximate surface area is 98.5 Å². The van der Waals surface area contributed by atoms with Gasteiger partial charge in [-0.3, -0.25) is 0 Å². The molecule has 2 rings (SSSR count). The van der Waals surface area contributed by atoms with Crippen LogP contribution in [-0.2, 0) is 6.61 Å². The molecule has 1 nitrogen and oxygen atoms in total. The van der Waals surface area contributed by atoms with E-state index in [1.807, 2.05) is 0 Å². The summed E-state index contributed by atoms with van der Waals surface area (Å²) in [7, 11) is 0. The fourth-order valence-electron chi connectivity index (χ4n) is 2.93. The zero-order valence-electron chi connectivity index (χ0n) is 10.5. The van der Waals surface area contributed by atoms with E-state index in [2.05, 4.69) is 39.0 Å². The van der Waals surface area contributed by atoms with Crippen molar-refractivity contribution in [2.45, 2.75) is 52.1 Å². The van der Waals surface area contributed by atoms with Gasteiger partial charge in [-0.1, -0.05) is 39.0 Å². The lowest BCUT2D eigenvalue weighted by Gasteiger charge is -2.32. The fourth-order valence-corrected chi connectivity index (χ4v) is 2.93. The van der Waals surface area contributed by atoms with E-state index < -0.39 is 0 Å². The molecule has 2 atom stereocenters. The molecule has 1 heteroatoms. The molecule has 1 aliphatic rings. The van der Waals surface area contributed by atoms with Crippen molar-refractivity contribution < 1.29 is 5.11 Å². The zero-order chi connectivity index (χ0) is 11.7. The van der Waals surface area contributed by atoms with E-state index in [0.29, 0.717) is 17.8 Å². The predicted molar refractivity (Wildman–Crippen MR) is 67.6 cm³/mol. The highest BCUT2D eigenvalue weighted by Gasteiger charge is 2.26. The average molecular weight is 218 g/mol. The Bertz CT molecular complexity index is 368. The minimum Gasteiger partial charge on any atom is -0.392 e. The Hall–Kier alpha value is -0.820. The topological polar surface area (TPSA) is 20.2 Å². The third-order valence-electron chi connectivity index (χ3n) is 3.98. The summed E-state index contributed by atoms with van der Waals surface area (Å²) in [5, 5.41) is 9.23. The first-order valence-electron chi connectivity index (χ1n) is 6.37. The first-order chi connectivity index (χ1) is 7.63. The number of benzene rings is 1. The van der Waals surface area contributed by atoms with E-state index in [9.17, 15) is 5.11 Å². The Kier molecular flexibility index (Phi) is 3.34. The van der Waals surface area contributed by atoms with Crippen molar-refractivity contribution in [3.8, 4) is 0 Å². The van der Waals surface area contributed by atoms with Crippen molar-refractivity contribution in [1.82, 2.24) is 0 Å². The van der Waals surface area contributed by atoms with Crippen LogP contribution >= 0.6 is 0 Å². The quantitative estimate of drug-likeness (QED) is 0.800. The molecule has 0 saturated carbocycles. The molecular weight excluding hydrogens is 196 g/mol. The number of fused-ring (bicyclic) bond motifs is 1. The lowest BCUT2D eigenvalue weighted by molar-refractivity contribution is 0.281. The van der Waals surface area contributed by atoms with Crippen LogP contribution < -0.4 is 0 Å². The number of hydrogen-bond donors (Lipinski definition) is 1. The van der Waals surface area contributed by atoms with Gasteiger partial charge in [-0.2, -0.15) is 0 Å². The van der Waals surface area contributed by atoms with Gasteiger partial charge in [0.25, 0.3) is 0 Å². The molecule has 0 radical (unpaired) electrons. The van der Waals surface area contributed by atoms with Crippen molar-refractivity contribution >= 4 is 0 Å². The second-order valence-electron chi connectivity index (χ2n) is 5.45. The molecule has 88 valence electrons. The normalized spacial score (nSPS) is 24.6. The molecule has 0 unspecified atom stereocenters. The summed E-state index contributed by atoms with van der Waals surface area (Å²) in [4.78, 5) is 0. The van der Waals surface area contributed by atoms with E-state index >= 15 is 0 Å². The van der Waals surface area contributed by atoms with Gasteiger partial charge in [0.05, 0.1) is 6.61 Å². The molecule has 0 spiro atoms. The molecular formula is C15H22O. The molecule has 0 aromatic heterocycles. The number of rotatable bonds is 2. The maximum absolute atomic E-state index is 9.23. The van der Waals surface area contributed by atoms with E-state index in [-0.39, 0.29) is 6.61 Å². The molecule has 1 aromatic carbocycles. The van der Waals surface area contributed by atoms with Gasteiger partial charge in [-0.05, 0) is 47.3 Å². The van der Waals surface area contributed by atoms with E-state index in [1.54, 1.807) is 0 Å². The first-order valence-corrected chi connectivity index (χ1v) is 6.37. The Morgan fingerprint density at radius 1 is 1.25 bits per heavy atom. The van der Waals surface area contributed by atoms with Crippen LogP contribution in [0, 0.1) is 5.92 Å². The summed E-state index contributed by atoms with van der Waals surface area (Å²) in [6.07, 6.45) is 2.59. The number of hydrogen-bond acceptors (Lipinski definition) is 1. The van der Waals surface area contributed by atoms with Crippen LogP contribution in [-0.4, -0.2) is 5.11 Å². The van der Waals surface area contributed by atoms with Crippen molar-refractivity contribution in [2.24, 2.45) is 5.92 Å². The van der Waals surface area contributed by atoms with Crippen molar-refractivity contribution in [1.29, 1.82) is 0 Å². The summed E-state index contributed by atoms with van der Waals surface area (Å²) in [6.45, 7) is 7.08. The van der Waals surface area contributed by atoms with Gasteiger partial charge in [0.15, 0.2) is 0 Å². The van der Waals surface area contributed by atoms with Crippen LogP contribution in [0.5, 0.6) is 0 Å². The molecule has 0 aliphatic heterocycles. The van der Waals surface area contributed by atoms with Gasteiger partial charge >= 0.3 is 0 Å². The standard InChI is InChI=1S/C15H22O/c1-10(2)13-6-4-11(3)14-7-5-12(9-16)8-15(13)14/h5,7-8,10-11,13,16H,4,6,9H2,1-3H3/t11-,13-/m1/s1. The third kappa shape index (κ3) is 2.01. The summed E-state index contributed by atoms with van der Waals surface area (Å²) in [5.74, 6) is 2.05. The summed E-state index contributed by atoms with van der Waals surface area (Å²) in [5.41, 5.74) is 4.04. The highest BCUT2D eigenvalue weighted by molar-refractivity contribution is 5.38. The number of aliphatic hydroxyl groups is 1. The molecule has 1 aliphatic carbocycles. The Balaban J connectivity index is 2.45. The summed E-state index contributed by atoms with van der Waals surface area (Å²) < 4.78 is 0. The highest BCUT2D eigenvalue weighted by atomic mass is 16.3. The molecule has 0 amide bonds. The van der Waals surface area contributed by atoms with E-state index in [0.717, 1.165) is 5.56 Å². The van der Waals surface area contributed by atoms with E-state index in [1.165, 1.54) is 24.0 Å². The number of aliphatic hydroxyl groups excluding tert-OH is 1. The molecule has 0 saturated heterocycles. The van der Waals surface area contributed by atoms with Crippen molar-refractivity contribution in [3.63, 3.8) is 0 Å². The minimum atomic E-state index is 0.159. The lowest BCUT2D eigenvalue weighted by Crippen LogP contribution is -2.17. The Morgan fingerprint density at radius 2 is 2.00 bits per heavy atom. The minimum absolute atomic E-state index is 0.159. The van der Waals surface area contributed by atoms with Crippen LogP contribution in [0.2, 0.25) is 0 Å². The lowest BCUT2D eigenvalue weighted by atomic mass is 9.73. The van der Waals surface area contributed by atoms with Crippen molar-refractivity contribution in [3.05, 3.63) is 34.9 Å². The maximum Gasteiger partial charge on any atom is 0.0681 e. The van der Waals surface area contributed by atoms with Crippen LogP contribution in [0.4, 0.5) is 0 Å². The maximum atomic E-state index is 9.23. The summed E-state index contributed by atoms with van der Waals surface area (Å²) in [6, 6.07) is 6.51. The zero-order valence-corrected chi connectivity index (χ0v) is 10.5. The Morgan fingerprint density at radius 3 is 2.62 bits per heavy atom.